The van der Waals surface area contributed by atoms with Crippen molar-refractivity contribution >= 4 is 17.8 Å². The van der Waals surface area contributed by atoms with E-state index in [0.717, 1.165) is 0 Å². The Hall–Kier alpha value is -2.77. The number of carbonyl (C=O) groups is 3. The molecule has 1 heterocycles. The Bertz CT molecular complexity index is 711. The van der Waals surface area contributed by atoms with Gasteiger partial charge in [0.2, 0.25) is 5.91 Å². The number of piperidine rings is 1. The highest BCUT2D eigenvalue weighted by molar-refractivity contribution is 5.95. The van der Waals surface area contributed by atoms with Gasteiger partial charge in [0.15, 0.2) is 18.1 Å². The van der Waals surface area contributed by atoms with E-state index in [4.69, 9.17) is 14.6 Å². The van der Waals surface area contributed by atoms with Gasteiger partial charge in [-0.05, 0) is 38.0 Å². The molecule has 0 aromatic heterocycles. The predicted octanol–water partition coefficient (Wildman–Crippen LogP) is 1.93. The summed E-state index contributed by atoms with van der Waals surface area (Å²) in [7, 11) is 0. The number of rotatable bonds is 8. The molecule has 2 N–H and O–H groups in total. The van der Waals surface area contributed by atoms with Gasteiger partial charge in [-0.15, -0.1) is 0 Å². The van der Waals surface area contributed by atoms with Gasteiger partial charge in [0.1, 0.15) is 0 Å². The number of carbonyl (C=O) groups excluding carboxylic acids is 2. The molecule has 2 rings (SSSR count). The molecule has 0 atom stereocenters. The van der Waals surface area contributed by atoms with Crippen LogP contribution in [0.1, 0.15) is 44.0 Å². The van der Waals surface area contributed by atoms with Crippen molar-refractivity contribution in [3.8, 4) is 11.5 Å². The van der Waals surface area contributed by atoms with Crippen LogP contribution in [0.4, 0.5) is 0 Å². The van der Waals surface area contributed by atoms with E-state index in [1.54, 1.807) is 30.0 Å². The third kappa shape index (κ3) is 5.87. The molecule has 2 amide bonds. The predicted molar refractivity (Wildman–Crippen MR) is 103 cm³/mol. The highest BCUT2D eigenvalue weighted by Crippen LogP contribution is 2.29. The van der Waals surface area contributed by atoms with Gasteiger partial charge in [0, 0.05) is 30.6 Å². The molecule has 1 aromatic rings. The number of aliphatic carboxylic acids is 1. The first-order valence-corrected chi connectivity index (χ1v) is 9.52. The lowest BCUT2D eigenvalue weighted by molar-refractivity contribution is -0.139. The van der Waals surface area contributed by atoms with Gasteiger partial charge in [-0.25, -0.2) is 4.79 Å². The maximum atomic E-state index is 12.8. The third-order valence-electron chi connectivity index (χ3n) is 4.49. The third-order valence-corrected chi connectivity index (χ3v) is 4.49. The molecule has 8 heteroatoms. The fourth-order valence-electron chi connectivity index (χ4n) is 2.95. The molecule has 154 valence electrons. The van der Waals surface area contributed by atoms with E-state index < -0.39 is 12.6 Å². The molecule has 1 fully saturated rings. The maximum absolute atomic E-state index is 12.8. The molecular weight excluding hydrogens is 364 g/mol. The van der Waals surface area contributed by atoms with Crippen molar-refractivity contribution in [2.45, 2.75) is 39.7 Å². The first-order chi connectivity index (χ1) is 13.3. The number of likely N-dealkylation sites (tertiary alicyclic amines) is 1. The lowest BCUT2D eigenvalue weighted by atomic mass is 10.0. The number of ether oxygens (including phenoxy) is 2. The number of carboxylic acid groups (broad SMARTS) is 1. The van der Waals surface area contributed by atoms with E-state index in [1.165, 1.54) is 0 Å². The van der Waals surface area contributed by atoms with Crippen molar-refractivity contribution in [1.82, 2.24) is 10.2 Å². The minimum atomic E-state index is -1.09. The van der Waals surface area contributed by atoms with E-state index in [9.17, 15) is 14.4 Å². The zero-order valence-corrected chi connectivity index (χ0v) is 16.6. The molecule has 1 aliphatic rings. The Morgan fingerprint density at radius 1 is 1.18 bits per heavy atom. The van der Waals surface area contributed by atoms with Gasteiger partial charge < -0.3 is 24.8 Å². The molecule has 0 radical (unpaired) electrons. The average Bonchev–Trinajstić information content (AvgIpc) is 2.67. The second kappa shape index (κ2) is 9.96. The summed E-state index contributed by atoms with van der Waals surface area (Å²) in [6.45, 7) is 6.50. The Labute approximate surface area is 164 Å². The lowest BCUT2D eigenvalue weighted by Crippen LogP contribution is -2.47. The Morgan fingerprint density at radius 3 is 2.43 bits per heavy atom. The van der Waals surface area contributed by atoms with Gasteiger partial charge in [-0.3, -0.25) is 9.59 Å². The van der Waals surface area contributed by atoms with Gasteiger partial charge in [-0.1, -0.05) is 13.8 Å². The number of hydrogen-bond acceptors (Lipinski definition) is 5. The SMILES string of the molecule is CCOc1cc(C(=O)N2CCC(NC(=O)C(C)C)CC2)ccc1OCC(=O)O. The van der Waals surface area contributed by atoms with Crippen molar-refractivity contribution in [2.75, 3.05) is 26.3 Å². The molecule has 8 nitrogen and oxygen atoms in total. The Kier molecular flexibility index (Phi) is 7.66. The number of hydrogen-bond donors (Lipinski definition) is 2. The Morgan fingerprint density at radius 2 is 1.86 bits per heavy atom. The summed E-state index contributed by atoms with van der Waals surface area (Å²) in [5.74, 6) is -0.611. The summed E-state index contributed by atoms with van der Waals surface area (Å²) in [4.78, 5) is 37.1. The zero-order chi connectivity index (χ0) is 20.7. The molecular formula is C20H28N2O6. The first-order valence-electron chi connectivity index (χ1n) is 9.52. The van der Waals surface area contributed by atoms with Crippen molar-refractivity contribution < 1.29 is 29.0 Å². The van der Waals surface area contributed by atoms with Crippen LogP contribution in [0.5, 0.6) is 11.5 Å². The van der Waals surface area contributed by atoms with Crippen LogP contribution in [0.3, 0.4) is 0 Å². The van der Waals surface area contributed by atoms with E-state index in [0.29, 0.717) is 43.9 Å². The molecule has 0 bridgehead atoms. The summed E-state index contributed by atoms with van der Waals surface area (Å²) >= 11 is 0. The molecule has 0 spiro atoms. The first kappa shape index (κ1) is 21.5. The molecule has 0 saturated carbocycles. The van der Waals surface area contributed by atoms with E-state index in [1.807, 2.05) is 13.8 Å². The maximum Gasteiger partial charge on any atom is 0.341 e. The molecule has 1 saturated heterocycles. The van der Waals surface area contributed by atoms with Crippen molar-refractivity contribution in [2.24, 2.45) is 5.92 Å². The van der Waals surface area contributed by atoms with Gasteiger partial charge >= 0.3 is 5.97 Å². The van der Waals surface area contributed by atoms with Crippen LogP contribution in [0, 0.1) is 5.92 Å². The second-order valence-corrected chi connectivity index (χ2v) is 7.01. The zero-order valence-electron chi connectivity index (χ0n) is 16.6. The second-order valence-electron chi connectivity index (χ2n) is 7.01. The fraction of sp³-hybridized carbons (Fsp3) is 0.550. The molecule has 1 aliphatic heterocycles. The van der Waals surface area contributed by atoms with Crippen LogP contribution in [0.15, 0.2) is 18.2 Å². The fourth-order valence-corrected chi connectivity index (χ4v) is 2.95. The quantitative estimate of drug-likeness (QED) is 0.700. The summed E-state index contributed by atoms with van der Waals surface area (Å²) < 4.78 is 10.7. The summed E-state index contributed by atoms with van der Waals surface area (Å²) in [6.07, 6.45) is 1.42. The lowest BCUT2D eigenvalue weighted by Gasteiger charge is -2.33. The van der Waals surface area contributed by atoms with Crippen molar-refractivity contribution in [1.29, 1.82) is 0 Å². The summed E-state index contributed by atoms with van der Waals surface area (Å²) in [5.41, 5.74) is 0.454. The normalized spacial score (nSPS) is 14.6. The van der Waals surface area contributed by atoms with Crippen molar-refractivity contribution in [3.63, 3.8) is 0 Å². The summed E-state index contributed by atoms with van der Waals surface area (Å²) in [5, 5.41) is 11.8. The van der Waals surface area contributed by atoms with Crippen LogP contribution < -0.4 is 14.8 Å². The molecule has 0 aliphatic carbocycles. The van der Waals surface area contributed by atoms with Gasteiger partial charge in [0.05, 0.1) is 6.61 Å². The number of amides is 2. The number of carboxylic acids is 1. The van der Waals surface area contributed by atoms with E-state index >= 15 is 0 Å². The van der Waals surface area contributed by atoms with Crippen LogP contribution in [0.2, 0.25) is 0 Å². The monoisotopic (exact) mass is 392 g/mol. The van der Waals surface area contributed by atoms with Crippen LogP contribution in [-0.4, -0.2) is 60.1 Å². The van der Waals surface area contributed by atoms with Gasteiger partial charge in [0.25, 0.3) is 5.91 Å². The molecule has 28 heavy (non-hydrogen) atoms. The number of nitrogens with zero attached hydrogens (tertiary/aromatic N) is 1. The number of benzene rings is 1. The van der Waals surface area contributed by atoms with Crippen molar-refractivity contribution in [3.05, 3.63) is 23.8 Å². The standard InChI is InChI=1S/C20H28N2O6/c1-4-27-17-11-14(5-6-16(17)28-12-18(23)24)20(26)22-9-7-15(8-10-22)21-19(25)13(2)3/h5-6,11,13,15H,4,7-10,12H2,1-3H3,(H,21,25)(H,23,24). The smallest absolute Gasteiger partial charge is 0.341 e. The molecule has 1 aromatic carbocycles. The van der Waals surface area contributed by atoms with Gasteiger partial charge in [-0.2, -0.15) is 0 Å². The highest BCUT2D eigenvalue weighted by Gasteiger charge is 2.25. The van der Waals surface area contributed by atoms with Crippen LogP contribution >= 0.6 is 0 Å². The highest BCUT2D eigenvalue weighted by atomic mass is 16.5. The minimum absolute atomic E-state index is 0.0306. The topological polar surface area (TPSA) is 105 Å². The summed E-state index contributed by atoms with van der Waals surface area (Å²) in [6, 6.07) is 4.82. The van der Waals surface area contributed by atoms with E-state index in [-0.39, 0.29) is 29.5 Å². The Balaban J connectivity index is 2.01. The largest absolute Gasteiger partial charge is 0.490 e. The minimum Gasteiger partial charge on any atom is -0.490 e. The number of nitrogens with one attached hydrogen (secondary N) is 1. The van der Waals surface area contributed by atoms with Crippen LogP contribution in [-0.2, 0) is 9.59 Å². The molecule has 0 unspecified atom stereocenters. The average molecular weight is 392 g/mol. The van der Waals surface area contributed by atoms with E-state index in [2.05, 4.69) is 5.32 Å². The van der Waals surface area contributed by atoms with Crippen LogP contribution in [0.25, 0.3) is 0 Å².